The molecular formula is C18H20N4O2. The lowest BCUT2D eigenvalue weighted by Gasteiger charge is -2.07. The van der Waals surface area contributed by atoms with Gasteiger partial charge in [0.05, 0.1) is 6.61 Å². The van der Waals surface area contributed by atoms with E-state index in [1.54, 1.807) is 0 Å². The largest absolute Gasteiger partial charge is 0.395 e. The number of aliphatic hydroxyl groups is 1. The van der Waals surface area contributed by atoms with Gasteiger partial charge in [0.2, 0.25) is 0 Å². The lowest BCUT2D eigenvalue weighted by Crippen LogP contribution is -2.19. The first-order chi connectivity index (χ1) is 11.7. The van der Waals surface area contributed by atoms with E-state index in [0.717, 1.165) is 27.6 Å². The highest BCUT2D eigenvalue weighted by Crippen LogP contribution is 2.26. The fraction of sp³-hybridized carbons (Fsp3) is 0.167. The van der Waals surface area contributed by atoms with Gasteiger partial charge < -0.3 is 21.1 Å². The van der Waals surface area contributed by atoms with Crippen molar-refractivity contribution in [3.63, 3.8) is 0 Å². The van der Waals surface area contributed by atoms with Crippen molar-refractivity contribution in [2.75, 3.05) is 18.5 Å². The number of rotatable bonds is 6. The number of aliphatic hydroxyl groups excluding tert-OH is 1. The minimum absolute atomic E-state index is 0.130. The summed E-state index contributed by atoms with van der Waals surface area (Å²) in [5.74, 6) is 0.580. The van der Waals surface area contributed by atoms with Crippen LogP contribution in [0.1, 0.15) is 5.56 Å². The highest BCUT2D eigenvalue weighted by molar-refractivity contribution is 5.93. The van der Waals surface area contributed by atoms with Gasteiger partial charge >= 0.3 is 6.03 Å². The molecule has 6 N–H and O–H groups in total. The van der Waals surface area contributed by atoms with Gasteiger partial charge in [-0.15, -0.1) is 0 Å². The summed E-state index contributed by atoms with van der Waals surface area (Å²) >= 11 is 0. The third kappa shape index (κ3) is 3.73. The minimum Gasteiger partial charge on any atom is -0.395 e. The molecule has 0 aliphatic carbocycles. The molecule has 0 radical (unpaired) electrons. The van der Waals surface area contributed by atoms with E-state index in [2.05, 4.69) is 33.8 Å². The SMILES string of the molecule is NC(=O)Nc1cc2ccc(-c3cccc(CNCCO)c3)cc2[nH]1. The summed E-state index contributed by atoms with van der Waals surface area (Å²) in [5.41, 5.74) is 9.42. The van der Waals surface area contributed by atoms with Crippen LogP contribution in [0, 0.1) is 0 Å². The molecule has 1 aromatic heterocycles. The van der Waals surface area contributed by atoms with Gasteiger partial charge in [-0.3, -0.25) is 5.32 Å². The summed E-state index contributed by atoms with van der Waals surface area (Å²) < 4.78 is 0. The average Bonchev–Trinajstić information content (AvgIpc) is 2.96. The second-order valence-corrected chi connectivity index (χ2v) is 5.58. The minimum atomic E-state index is -0.593. The zero-order chi connectivity index (χ0) is 16.9. The number of carbonyl (C=O) groups excluding carboxylic acids is 1. The first kappa shape index (κ1) is 16.0. The Morgan fingerprint density at radius 2 is 1.96 bits per heavy atom. The van der Waals surface area contributed by atoms with Crippen LogP contribution < -0.4 is 16.4 Å². The van der Waals surface area contributed by atoms with E-state index in [4.69, 9.17) is 10.8 Å². The van der Waals surface area contributed by atoms with E-state index in [1.165, 1.54) is 0 Å². The molecule has 0 aliphatic heterocycles. The van der Waals surface area contributed by atoms with Crippen LogP contribution in [0.4, 0.5) is 10.6 Å². The molecule has 0 spiro atoms. The molecule has 0 unspecified atom stereocenters. The normalized spacial score (nSPS) is 10.9. The Balaban J connectivity index is 1.86. The first-order valence-electron chi connectivity index (χ1n) is 7.76. The van der Waals surface area contributed by atoms with E-state index >= 15 is 0 Å². The van der Waals surface area contributed by atoms with Crippen molar-refractivity contribution in [2.24, 2.45) is 5.73 Å². The summed E-state index contributed by atoms with van der Waals surface area (Å²) in [6.45, 7) is 1.42. The molecule has 0 saturated heterocycles. The molecule has 0 saturated carbocycles. The molecule has 1 heterocycles. The van der Waals surface area contributed by atoms with Gasteiger partial charge in [0.1, 0.15) is 5.82 Å². The number of aromatic amines is 1. The number of urea groups is 1. The average molecular weight is 324 g/mol. The van der Waals surface area contributed by atoms with Gasteiger partial charge in [-0.25, -0.2) is 4.79 Å². The number of benzene rings is 2. The van der Waals surface area contributed by atoms with Gasteiger partial charge in [0.25, 0.3) is 0 Å². The molecule has 0 atom stereocenters. The van der Waals surface area contributed by atoms with Gasteiger partial charge in [0.15, 0.2) is 0 Å². The number of primary amides is 1. The standard InChI is InChI=1S/C18H20N4O2/c19-18(24)22-17-10-15-5-4-14(9-16(15)21-17)13-3-1-2-12(8-13)11-20-6-7-23/h1-5,8-10,20-21,23H,6-7,11H2,(H3,19,22,24). The third-order valence-electron chi connectivity index (χ3n) is 3.76. The van der Waals surface area contributed by atoms with Crippen LogP contribution in [0.2, 0.25) is 0 Å². The zero-order valence-corrected chi connectivity index (χ0v) is 13.2. The Labute approximate surface area is 139 Å². The van der Waals surface area contributed by atoms with Gasteiger partial charge in [-0.2, -0.15) is 0 Å². The maximum atomic E-state index is 10.9. The van der Waals surface area contributed by atoms with Crippen LogP contribution in [0.5, 0.6) is 0 Å². The molecule has 3 rings (SSSR count). The highest BCUT2D eigenvalue weighted by atomic mass is 16.3. The van der Waals surface area contributed by atoms with E-state index in [0.29, 0.717) is 18.9 Å². The van der Waals surface area contributed by atoms with Crippen LogP contribution in [0.15, 0.2) is 48.5 Å². The Bertz CT molecular complexity index is 857. The molecule has 24 heavy (non-hydrogen) atoms. The maximum Gasteiger partial charge on any atom is 0.317 e. The number of hydrogen-bond donors (Lipinski definition) is 5. The van der Waals surface area contributed by atoms with Crippen LogP contribution in [0.25, 0.3) is 22.0 Å². The van der Waals surface area contributed by atoms with Crippen LogP contribution in [0.3, 0.4) is 0 Å². The highest BCUT2D eigenvalue weighted by Gasteiger charge is 2.05. The summed E-state index contributed by atoms with van der Waals surface area (Å²) in [6.07, 6.45) is 0. The first-order valence-corrected chi connectivity index (χ1v) is 7.76. The molecule has 6 heteroatoms. The van der Waals surface area contributed by atoms with E-state index in [9.17, 15) is 4.79 Å². The summed E-state index contributed by atoms with van der Waals surface area (Å²) in [7, 11) is 0. The number of nitrogens with two attached hydrogens (primary N) is 1. The van der Waals surface area contributed by atoms with Crippen molar-refractivity contribution >= 4 is 22.8 Å². The second kappa shape index (κ2) is 7.16. The lowest BCUT2D eigenvalue weighted by atomic mass is 10.0. The van der Waals surface area contributed by atoms with Crippen molar-refractivity contribution in [1.82, 2.24) is 10.3 Å². The summed E-state index contributed by atoms with van der Waals surface area (Å²) in [6, 6.07) is 15.6. The smallest absolute Gasteiger partial charge is 0.317 e. The van der Waals surface area contributed by atoms with Gasteiger partial charge in [-0.1, -0.05) is 30.3 Å². The van der Waals surface area contributed by atoms with Crippen molar-refractivity contribution in [3.8, 4) is 11.1 Å². The second-order valence-electron chi connectivity index (χ2n) is 5.58. The fourth-order valence-corrected chi connectivity index (χ4v) is 2.68. The molecule has 3 aromatic rings. The number of hydrogen-bond acceptors (Lipinski definition) is 3. The van der Waals surface area contributed by atoms with E-state index in [-0.39, 0.29) is 6.61 Å². The molecule has 124 valence electrons. The number of anilines is 1. The monoisotopic (exact) mass is 324 g/mol. The number of H-pyrrole nitrogens is 1. The number of nitrogens with one attached hydrogen (secondary N) is 3. The fourth-order valence-electron chi connectivity index (χ4n) is 2.68. The predicted octanol–water partition coefficient (Wildman–Crippen LogP) is 2.41. The summed E-state index contributed by atoms with van der Waals surface area (Å²) in [4.78, 5) is 14.1. The molecule has 2 aromatic carbocycles. The number of amides is 2. The van der Waals surface area contributed by atoms with Crippen LogP contribution in [-0.4, -0.2) is 29.3 Å². The Kier molecular flexibility index (Phi) is 4.79. The third-order valence-corrected chi connectivity index (χ3v) is 3.76. The Morgan fingerprint density at radius 3 is 2.75 bits per heavy atom. The topological polar surface area (TPSA) is 103 Å². The van der Waals surface area contributed by atoms with Crippen LogP contribution in [-0.2, 0) is 6.54 Å². The van der Waals surface area contributed by atoms with Crippen LogP contribution >= 0.6 is 0 Å². The van der Waals surface area contributed by atoms with Crippen molar-refractivity contribution < 1.29 is 9.90 Å². The predicted molar refractivity (Wildman–Crippen MR) is 95.7 cm³/mol. The number of fused-ring (bicyclic) bond motifs is 1. The molecule has 0 aliphatic rings. The Morgan fingerprint density at radius 1 is 1.12 bits per heavy atom. The maximum absolute atomic E-state index is 10.9. The van der Waals surface area contributed by atoms with Gasteiger partial charge in [0, 0.05) is 24.0 Å². The van der Waals surface area contributed by atoms with Crippen molar-refractivity contribution in [3.05, 3.63) is 54.1 Å². The van der Waals surface area contributed by atoms with E-state index < -0.39 is 6.03 Å². The van der Waals surface area contributed by atoms with E-state index in [1.807, 2.05) is 30.3 Å². The van der Waals surface area contributed by atoms with Gasteiger partial charge in [-0.05, 0) is 34.9 Å². The molecule has 6 nitrogen and oxygen atoms in total. The lowest BCUT2D eigenvalue weighted by molar-refractivity contribution is 0.259. The van der Waals surface area contributed by atoms with Crippen molar-refractivity contribution in [2.45, 2.75) is 6.54 Å². The molecule has 0 bridgehead atoms. The number of aromatic nitrogens is 1. The van der Waals surface area contributed by atoms with Crippen molar-refractivity contribution in [1.29, 1.82) is 0 Å². The molecule has 0 fully saturated rings. The quantitative estimate of drug-likeness (QED) is 0.450. The zero-order valence-electron chi connectivity index (χ0n) is 13.2. The Hall–Kier alpha value is -2.83. The summed E-state index contributed by atoms with van der Waals surface area (Å²) in [5, 5.41) is 15.6. The number of carbonyl (C=O) groups is 1. The molecular weight excluding hydrogens is 304 g/mol. The molecule has 2 amide bonds.